The summed E-state index contributed by atoms with van der Waals surface area (Å²) in [6.45, 7) is 3.81. The molecule has 1 aliphatic carbocycles. The Hall–Kier alpha value is -3.41. The van der Waals surface area contributed by atoms with Gasteiger partial charge in [0.2, 0.25) is 5.41 Å². The van der Waals surface area contributed by atoms with Gasteiger partial charge in [-0.15, -0.1) is 0 Å². The van der Waals surface area contributed by atoms with Crippen LogP contribution in [0.2, 0.25) is 0 Å². The third kappa shape index (κ3) is 3.84. The Kier molecular flexibility index (Phi) is 5.87. The van der Waals surface area contributed by atoms with Gasteiger partial charge in [0, 0.05) is 17.5 Å². The van der Waals surface area contributed by atoms with Gasteiger partial charge in [0.25, 0.3) is 0 Å². The van der Waals surface area contributed by atoms with Gasteiger partial charge in [-0.1, -0.05) is 80.6 Å². The number of hydrogen-bond donors (Lipinski definition) is 0. The molecule has 3 aromatic rings. The van der Waals surface area contributed by atoms with Crippen LogP contribution in [-0.2, 0) is 23.2 Å². The second-order valence-electron chi connectivity index (χ2n) is 8.52. The van der Waals surface area contributed by atoms with E-state index in [0.29, 0.717) is 5.56 Å². The standard InChI is InChI=1S/C27H23F3O3/c1-17(2)19-12-13-22(23(14-19)33-16-18-8-4-3-5-9-18)26(27(28,29)30)24(31)15-20-10-6-7-11-21(20)25(26)32/h3-14,17H,15-16H2,1-2H3. The zero-order valence-electron chi connectivity index (χ0n) is 18.3. The number of ketones is 2. The van der Waals surface area contributed by atoms with E-state index >= 15 is 0 Å². The Morgan fingerprint density at radius 2 is 1.61 bits per heavy atom. The van der Waals surface area contributed by atoms with Gasteiger partial charge in [-0.05, 0) is 28.7 Å². The quantitative estimate of drug-likeness (QED) is 0.433. The first-order valence-electron chi connectivity index (χ1n) is 10.7. The number of ether oxygens (including phenoxy) is 1. The number of Topliss-reactive ketones (excluding diaryl/α,β-unsaturated/α-hetero) is 2. The average molecular weight is 452 g/mol. The van der Waals surface area contributed by atoms with Crippen molar-refractivity contribution in [3.8, 4) is 5.75 Å². The minimum Gasteiger partial charge on any atom is -0.489 e. The molecule has 6 heteroatoms. The van der Waals surface area contributed by atoms with Gasteiger partial charge in [-0.25, -0.2) is 0 Å². The second kappa shape index (κ2) is 8.50. The van der Waals surface area contributed by atoms with Gasteiger partial charge in [-0.3, -0.25) is 9.59 Å². The number of carbonyl (C=O) groups excluding carboxylic acids is 2. The molecule has 0 N–H and O–H groups in total. The topological polar surface area (TPSA) is 43.4 Å². The number of fused-ring (bicyclic) bond motifs is 1. The molecule has 170 valence electrons. The van der Waals surface area contributed by atoms with Crippen molar-refractivity contribution >= 4 is 11.6 Å². The molecule has 1 atom stereocenters. The molecule has 0 amide bonds. The van der Waals surface area contributed by atoms with Gasteiger partial charge < -0.3 is 4.74 Å². The van der Waals surface area contributed by atoms with Crippen molar-refractivity contribution in [3.05, 3.63) is 101 Å². The summed E-state index contributed by atoms with van der Waals surface area (Å²) in [5.41, 5.74) is -2.06. The highest BCUT2D eigenvalue weighted by molar-refractivity contribution is 6.24. The third-order valence-corrected chi connectivity index (χ3v) is 6.11. The lowest BCUT2D eigenvalue weighted by Crippen LogP contribution is -2.58. The van der Waals surface area contributed by atoms with Crippen LogP contribution in [0.1, 0.15) is 52.4 Å². The maximum absolute atomic E-state index is 14.8. The van der Waals surface area contributed by atoms with Gasteiger partial charge >= 0.3 is 6.18 Å². The lowest BCUT2D eigenvalue weighted by atomic mass is 9.64. The van der Waals surface area contributed by atoms with E-state index in [2.05, 4.69) is 0 Å². The highest BCUT2D eigenvalue weighted by atomic mass is 19.4. The summed E-state index contributed by atoms with van der Waals surface area (Å²) < 4.78 is 50.2. The first-order valence-corrected chi connectivity index (χ1v) is 10.7. The Balaban J connectivity index is 1.91. The van der Waals surface area contributed by atoms with Crippen LogP contribution < -0.4 is 4.74 Å². The Morgan fingerprint density at radius 3 is 2.27 bits per heavy atom. The fourth-order valence-electron chi connectivity index (χ4n) is 4.30. The molecule has 0 radical (unpaired) electrons. The van der Waals surface area contributed by atoms with Crippen molar-refractivity contribution in [3.63, 3.8) is 0 Å². The molecule has 4 rings (SSSR count). The third-order valence-electron chi connectivity index (χ3n) is 6.11. The molecule has 33 heavy (non-hydrogen) atoms. The van der Waals surface area contributed by atoms with Crippen LogP contribution >= 0.6 is 0 Å². The van der Waals surface area contributed by atoms with Gasteiger partial charge in [0.1, 0.15) is 12.4 Å². The molecule has 1 aliphatic rings. The molecule has 0 saturated heterocycles. The number of halogens is 3. The van der Waals surface area contributed by atoms with E-state index in [9.17, 15) is 22.8 Å². The summed E-state index contributed by atoms with van der Waals surface area (Å²) in [6, 6.07) is 19.2. The number of benzene rings is 3. The molecule has 0 aliphatic heterocycles. The molecule has 0 spiro atoms. The van der Waals surface area contributed by atoms with E-state index in [1.807, 2.05) is 19.9 Å². The van der Waals surface area contributed by atoms with Crippen LogP contribution in [0.4, 0.5) is 13.2 Å². The Labute approximate surface area is 190 Å². The van der Waals surface area contributed by atoms with E-state index in [1.165, 1.54) is 36.4 Å². The Bertz CT molecular complexity index is 1200. The molecule has 0 saturated carbocycles. The molecular weight excluding hydrogens is 429 g/mol. The van der Waals surface area contributed by atoms with Crippen molar-refractivity contribution < 1.29 is 27.5 Å². The molecule has 0 bridgehead atoms. The molecular formula is C27H23F3O3. The minimum atomic E-state index is -5.14. The summed E-state index contributed by atoms with van der Waals surface area (Å²) in [7, 11) is 0. The summed E-state index contributed by atoms with van der Waals surface area (Å²) in [4.78, 5) is 26.6. The molecule has 0 heterocycles. The van der Waals surface area contributed by atoms with E-state index in [4.69, 9.17) is 4.74 Å². The SMILES string of the molecule is CC(C)c1ccc(C2(C(F)(F)F)C(=O)Cc3ccccc3C2=O)c(OCc2ccccc2)c1. The fourth-order valence-corrected chi connectivity index (χ4v) is 4.30. The van der Waals surface area contributed by atoms with Crippen molar-refractivity contribution in [2.75, 3.05) is 0 Å². The van der Waals surface area contributed by atoms with Crippen molar-refractivity contribution in [2.45, 2.75) is 44.4 Å². The van der Waals surface area contributed by atoms with Crippen molar-refractivity contribution in [1.29, 1.82) is 0 Å². The summed E-state index contributed by atoms with van der Waals surface area (Å²) >= 11 is 0. The van der Waals surface area contributed by atoms with Gasteiger partial charge in [-0.2, -0.15) is 13.2 Å². The maximum Gasteiger partial charge on any atom is 0.412 e. The monoisotopic (exact) mass is 452 g/mol. The van der Waals surface area contributed by atoms with E-state index in [0.717, 1.165) is 11.1 Å². The highest BCUT2D eigenvalue weighted by Crippen LogP contribution is 2.51. The number of alkyl halides is 3. The highest BCUT2D eigenvalue weighted by Gasteiger charge is 2.68. The fraction of sp³-hybridized carbons (Fsp3) is 0.259. The van der Waals surface area contributed by atoms with Crippen molar-refractivity contribution in [2.24, 2.45) is 0 Å². The van der Waals surface area contributed by atoms with Gasteiger partial charge in [0.05, 0.1) is 0 Å². The normalized spacial score (nSPS) is 18.4. The summed E-state index contributed by atoms with van der Waals surface area (Å²) in [6.07, 6.45) is -5.62. The molecule has 3 aromatic carbocycles. The minimum absolute atomic E-state index is 0.00228. The number of rotatable bonds is 5. The lowest BCUT2D eigenvalue weighted by Gasteiger charge is -2.38. The molecule has 0 fully saturated rings. The lowest BCUT2D eigenvalue weighted by molar-refractivity contribution is -0.182. The predicted molar refractivity (Wildman–Crippen MR) is 119 cm³/mol. The zero-order chi connectivity index (χ0) is 23.8. The zero-order valence-corrected chi connectivity index (χ0v) is 18.3. The maximum atomic E-state index is 14.8. The van der Waals surface area contributed by atoms with Crippen LogP contribution in [-0.4, -0.2) is 17.7 Å². The van der Waals surface area contributed by atoms with E-state index < -0.39 is 35.1 Å². The van der Waals surface area contributed by atoms with E-state index in [1.54, 1.807) is 30.3 Å². The molecule has 3 nitrogen and oxygen atoms in total. The first kappa shape index (κ1) is 22.8. The molecule has 1 unspecified atom stereocenters. The van der Waals surface area contributed by atoms with Crippen LogP contribution in [0.5, 0.6) is 5.75 Å². The predicted octanol–water partition coefficient (Wildman–Crippen LogP) is 6.20. The Morgan fingerprint density at radius 1 is 0.939 bits per heavy atom. The smallest absolute Gasteiger partial charge is 0.412 e. The largest absolute Gasteiger partial charge is 0.489 e. The summed E-state index contributed by atoms with van der Waals surface area (Å²) in [5.74, 6) is -2.55. The van der Waals surface area contributed by atoms with Crippen LogP contribution in [0.25, 0.3) is 0 Å². The van der Waals surface area contributed by atoms with Crippen LogP contribution in [0, 0.1) is 0 Å². The second-order valence-corrected chi connectivity index (χ2v) is 8.52. The van der Waals surface area contributed by atoms with E-state index in [-0.39, 0.29) is 23.8 Å². The average Bonchev–Trinajstić information content (AvgIpc) is 2.78. The number of carbonyl (C=O) groups is 2. The van der Waals surface area contributed by atoms with Gasteiger partial charge in [0.15, 0.2) is 11.6 Å². The molecule has 0 aromatic heterocycles. The summed E-state index contributed by atoms with van der Waals surface area (Å²) in [5, 5.41) is 0. The van der Waals surface area contributed by atoms with Crippen molar-refractivity contribution in [1.82, 2.24) is 0 Å². The number of hydrogen-bond acceptors (Lipinski definition) is 3. The first-order chi connectivity index (χ1) is 15.7. The van der Waals surface area contributed by atoms with Crippen LogP contribution in [0.15, 0.2) is 72.8 Å². The van der Waals surface area contributed by atoms with Crippen LogP contribution in [0.3, 0.4) is 0 Å².